The smallest absolute Gasteiger partial charge is 0.224 e. The zero-order valence-electron chi connectivity index (χ0n) is 14.0. The minimum atomic E-state index is -3.98. The standard InChI is InChI=1S/C17H14ClN5O3S/c1-26-11-5-3-10(4-6-11)23-12-7-2-9(18)8-13(12)27(24,25)14-15(19)21-17(20)22-16(14)23/h2-8H,1H3,(H4,19,20,21,22). The maximum Gasteiger partial charge on any atom is 0.224 e. The first-order chi connectivity index (χ1) is 12.8. The zero-order valence-corrected chi connectivity index (χ0v) is 15.6. The van der Waals surface area contributed by atoms with Crippen molar-refractivity contribution in [1.82, 2.24) is 9.97 Å². The summed E-state index contributed by atoms with van der Waals surface area (Å²) in [6, 6.07) is 11.6. The fourth-order valence-corrected chi connectivity index (χ4v) is 4.86. The summed E-state index contributed by atoms with van der Waals surface area (Å²) in [5.41, 5.74) is 12.7. The number of hydrogen-bond acceptors (Lipinski definition) is 8. The second-order valence-electron chi connectivity index (χ2n) is 5.77. The molecule has 3 aromatic rings. The van der Waals surface area contributed by atoms with Crippen molar-refractivity contribution in [3.8, 4) is 5.75 Å². The van der Waals surface area contributed by atoms with E-state index >= 15 is 0 Å². The van der Waals surface area contributed by atoms with Crippen molar-refractivity contribution in [3.05, 3.63) is 47.5 Å². The summed E-state index contributed by atoms with van der Waals surface area (Å²) in [4.78, 5) is 9.43. The Morgan fingerprint density at radius 1 is 1.07 bits per heavy atom. The number of hydrogen-bond donors (Lipinski definition) is 2. The van der Waals surface area contributed by atoms with Crippen LogP contribution in [0.25, 0.3) is 0 Å². The lowest BCUT2D eigenvalue weighted by Crippen LogP contribution is -2.25. The van der Waals surface area contributed by atoms with Crippen LogP contribution in [0.4, 0.5) is 29.0 Å². The molecule has 0 atom stereocenters. The normalized spacial score (nSPS) is 14.4. The van der Waals surface area contributed by atoms with Crippen molar-refractivity contribution in [2.45, 2.75) is 9.79 Å². The third kappa shape index (κ3) is 2.63. The predicted octanol–water partition coefficient (Wildman–Crippen LogP) is 2.92. The fraction of sp³-hybridized carbons (Fsp3) is 0.0588. The molecule has 10 heteroatoms. The van der Waals surface area contributed by atoms with Crippen LogP contribution in [-0.2, 0) is 9.84 Å². The minimum absolute atomic E-state index is 0.0124. The van der Waals surface area contributed by atoms with Crippen molar-refractivity contribution in [1.29, 1.82) is 0 Å². The van der Waals surface area contributed by atoms with E-state index in [1.54, 1.807) is 48.4 Å². The van der Waals surface area contributed by atoms with Crippen LogP contribution in [0.5, 0.6) is 5.75 Å². The number of halogens is 1. The number of anilines is 5. The highest BCUT2D eigenvalue weighted by Crippen LogP contribution is 2.49. The molecular formula is C17H14ClN5O3S. The molecule has 2 aromatic carbocycles. The van der Waals surface area contributed by atoms with Crippen LogP contribution in [0, 0.1) is 0 Å². The molecule has 8 nitrogen and oxygen atoms in total. The van der Waals surface area contributed by atoms with E-state index in [1.807, 2.05) is 0 Å². The van der Waals surface area contributed by atoms with Crippen LogP contribution >= 0.6 is 11.6 Å². The summed E-state index contributed by atoms with van der Waals surface area (Å²) >= 11 is 6.05. The first kappa shape index (κ1) is 17.4. The molecule has 0 spiro atoms. The van der Waals surface area contributed by atoms with Gasteiger partial charge in [-0.05, 0) is 42.5 Å². The fourth-order valence-electron chi connectivity index (χ4n) is 2.99. The first-order valence-electron chi connectivity index (χ1n) is 7.74. The van der Waals surface area contributed by atoms with E-state index in [0.717, 1.165) is 0 Å². The quantitative estimate of drug-likeness (QED) is 0.523. The Morgan fingerprint density at radius 3 is 2.44 bits per heavy atom. The maximum atomic E-state index is 13.2. The van der Waals surface area contributed by atoms with E-state index in [1.165, 1.54) is 6.07 Å². The number of nitrogens with two attached hydrogens (primary N) is 2. The highest BCUT2D eigenvalue weighted by atomic mass is 35.5. The third-order valence-corrected chi connectivity index (χ3v) is 6.22. The lowest BCUT2D eigenvalue weighted by molar-refractivity contribution is 0.415. The molecule has 0 saturated carbocycles. The van der Waals surface area contributed by atoms with Gasteiger partial charge in [-0.1, -0.05) is 11.6 Å². The number of nitrogen functional groups attached to an aromatic ring is 2. The molecule has 27 heavy (non-hydrogen) atoms. The number of sulfone groups is 1. The molecule has 1 aliphatic heterocycles. The van der Waals surface area contributed by atoms with E-state index in [4.69, 9.17) is 27.8 Å². The summed E-state index contributed by atoms with van der Waals surface area (Å²) in [6.45, 7) is 0. The lowest BCUT2D eigenvalue weighted by Gasteiger charge is -2.32. The number of benzene rings is 2. The predicted molar refractivity (Wildman–Crippen MR) is 103 cm³/mol. The molecule has 1 aliphatic rings. The molecule has 0 unspecified atom stereocenters. The van der Waals surface area contributed by atoms with Gasteiger partial charge in [0.05, 0.1) is 17.7 Å². The van der Waals surface area contributed by atoms with Crippen molar-refractivity contribution < 1.29 is 13.2 Å². The molecular weight excluding hydrogens is 390 g/mol. The summed E-state index contributed by atoms with van der Waals surface area (Å²) in [5, 5.41) is 0.283. The average Bonchev–Trinajstić information content (AvgIpc) is 2.62. The Balaban J connectivity index is 2.08. The topological polar surface area (TPSA) is 124 Å². The number of rotatable bonds is 2. The van der Waals surface area contributed by atoms with Gasteiger partial charge in [0.2, 0.25) is 15.8 Å². The Morgan fingerprint density at radius 2 is 1.78 bits per heavy atom. The monoisotopic (exact) mass is 403 g/mol. The summed E-state index contributed by atoms with van der Waals surface area (Å²) < 4.78 is 31.5. The lowest BCUT2D eigenvalue weighted by atomic mass is 10.2. The van der Waals surface area contributed by atoms with E-state index in [-0.39, 0.29) is 32.4 Å². The van der Waals surface area contributed by atoms with Gasteiger partial charge in [0.15, 0.2) is 16.5 Å². The summed E-state index contributed by atoms with van der Waals surface area (Å²) in [7, 11) is -2.42. The van der Waals surface area contributed by atoms with Crippen LogP contribution in [0.15, 0.2) is 52.3 Å². The van der Waals surface area contributed by atoms with Crippen molar-refractivity contribution in [2.75, 3.05) is 23.5 Å². The van der Waals surface area contributed by atoms with Gasteiger partial charge in [-0.15, -0.1) is 0 Å². The van der Waals surface area contributed by atoms with Gasteiger partial charge >= 0.3 is 0 Å². The van der Waals surface area contributed by atoms with Crippen molar-refractivity contribution >= 4 is 50.4 Å². The Bertz CT molecular complexity index is 1170. The average molecular weight is 404 g/mol. The molecule has 0 amide bonds. The molecule has 4 rings (SSSR count). The van der Waals surface area contributed by atoms with Gasteiger partial charge in [-0.2, -0.15) is 9.97 Å². The Kier molecular flexibility index (Phi) is 3.86. The number of methoxy groups -OCH3 is 1. The zero-order chi connectivity index (χ0) is 19.3. The number of ether oxygens (including phenoxy) is 1. The number of aromatic nitrogens is 2. The van der Waals surface area contributed by atoms with Gasteiger partial charge in [0.1, 0.15) is 5.75 Å². The van der Waals surface area contributed by atoms with Crippen LogP contribution in [0.3, 0.4) is 0 Å². The minimum Gasteiger partial charge on any atom is -0.497 e. The Labute approximate surface area is 160 Å². The van der Waals surface area contributed by atoms with E-state index in [0.29, 0.717) is 17.1 Å². The van der Waals surface area contributed by atoms with Crippen LogP contribution in [-0.4, -0.2) is 25.5 Å². The van der Waals surface area contributed by atoms with Crippen LogP contribution in [0.2, 0.25) is 5.02 Å². The van der Waals surface area contributed by atoms with E-state index in [2.05, 4.69) is 9.97 Å². The highest BCUT2D eigenvalue weighted by Gasteiger charge is 2.39. The van der Waals surface area contributed by atoms with Gasteiger partial charge < -0.3 is 16.2 Å². The third-order valence-electron chi connectivity index (χ3n) is 4.15. The van der Waals surface area contributed by atoms with E-state index < -0.39 is 9.84 Å². The van der Waals surface area contributed by atoms with Gasteiger partial charge in [-0.3, -0.25) is 4.90 Å². The second kappa shape index (κ2) is 6.00. The van der Waals surface area contributed by atoms with Gasteiger partial charge in [0.25, 0.3) is 0 Å². The largest absolute Gasteiger partial charge is 0.497 e. The van der Waals surface area contributed by atoms with Gasteiger partial charge in [0, 0.05) is 10.7 Å². The van der Waals surface area contributed by atoms with E-state index in [9.17, 15) is 8.42 Å². The molecule has 0 aliphatic carbocycles. The molecule has 0 radical (unpaired) electrons. The summed E-state index contributed by atoms with van der Waals surface area (Å²) in [6.07, 6.45) is 0. The molecule has 0 fully saturated rings. The van der Waals surface area contributed by atoms with Crippen LogP contribution in [0.1, 0.15) is 0 Å². The van der Waals surface area contributed by atoms with Crippen LogP contribution < -0.4 is 21.1 Å². The molecule has 0 saturated heterocycles. The van der Waals surface area contributed by atoms with Gasteiger partial charge in [-0.25, -0.2) is 8.42 Å². The SMILES string of the molecule is COc1ccc(N2c3ccc(Cl)cc3S(=O)(=O)c3c(N)nc(N)nc32)cc1. The second-order valence-corrected chi connectivity index (χ2v) is 8.06. The Hall–Kier alpha value is -3.04. The number of fused-ring (bicyclic) bond motifs is 2. The number of nitrogens with zero attached hydrogens (tertiary/aromatic N) is 3. The first-order valence-corrected chi connectivity index (χ1v) is 9.61. The summed E-state index contributed by atoms with van der Waals surface area (Å²) in [5.74, 6) is 0.389. The molecule has 2 heterocycles. The van der Waals surface area contributed by atoms with Crippen molar-refractivity contribution in [2.24, 2.45) is 0 Å². The van der Waals surface area contributed by atoms with Crippen molar-refractivity contribution in [3.63, 3.8) is 0 Å². The molecule has 4 N–H and O–H groups in total. The molecule has 0 bridgehead atoms. The maximum absolute atomic E-state index is 13.2. The molecule has 1 aromatic heterocycles. The molecule has 138 valence electrons. The highest BCUT2D eigenvalue weighted by molar-refractivity contribution is 7.92.